The van der Waals surface area contributed by atoms with E-state index in [9.17, 15) is 18.0 Å². The minimum absolute atomic E-state index is 0.00984. The van der Waals surface area contributed by atoms with Crippen LogP contribution in [0.25, 0.3) is 0 Å². The van der Waals surface area contributed by atoms with Gasteiger partial charge in [-0.2, -0.15) is 0 Å². The van der Waals surface area contributed by atoms with Gasteiger partial charge in [-0.15, -0.1) is 0 Å². The highest BCUT2D eigenvalue weighted by atomic mass is 32.2. The van der Waals surface area contributed by atoms with E-state index in [1.54, 1.807) is 41.3 Å². The fourth-order valence-electron chi connectivity index (χ4n) is 4.21. The van der Waals surface area contributed by atoms with Crippen LogP contribution in [-0.4, -0.2) is 44.8 Å². The molecule has 0 bridgehead atoms. The number of rotatable bonds is 10. The number of anilines is 1. The molecule has 0 spiro atoms. The van der Waals surface area contributed by atoms with E-state index in [0.717, 1.165) is 37.7 Å². The molecular formula is C27H37N3O4S. The largest absolute Gasteiger partial charge is 0.356 e. The Morgan fingerprint density at radius 1 is 1.06 bits per heavy atom. The second-order valence-corrected chi connectivity index (χ2v) is 11.3. The number of piperidine rings is 1. The average Bonchev–Trinajstić information content (AvgIpc) is 2.84. The van der Waals surface area contributed by atoms with E-state index in [0.29, 0.717) is 36.8 Å². The van der Waals surface area contributed by atoms with E-state index in [4.69, 9.17) is 0 Å². The van der Waals surface area contributed by atoms with E-state index in [1.807, 2.05) is 12.1 Å². The van der Waals surface area contributed by atoms with Crippen LogP contribution in [0.5, 0.6) is 0 Å². The molecule has 8 heteroatoms. The van der Waals surface area contributed by atoms with Crippen molar-refractivity contribution in [1.82, 2.24) is 10.2 Å². The van der Waals surface area contributed by atoms with Gasteiger partial charge in [0, 0.05) is 30.9 Å². The summed E-state index contributed by atoms with van der Waals surface area (Å²) in [5, 5.41) is 2.99. The van der Waals surface area contributed by atoms with Crippen molar-refractivity contribution in [3.8, 4) is 0 Å². The molecule has 2 N–H and O–H groups in total. The van der Waals surface area contributed by atoms with E-state index >= 15 is 0 Å². The van der Waals surface area contributed by atoms with Gasteiger partial charge in [-0.05, 0) is 73.6 Å². The molecule has 2 aromatic rings. The molecular weight excluding hydrogens is 462 g/mol. The van der Waals surface area contributed by atoms with Crippen LogP contribution in [0.4, 0.5) is 5.69 Å². The van der Waals surface area contributed by atoms with Crippen LogP contribution >= 0.6 is 0 Å². The highest BCUT2D eigenvalue weighted by Crippen LogP contribution is 2.21. The Labute approximate surface area is 209 Å². The standard InChI is InChI=1S/C27H37N3O4S/c1-4-6-21-8-14-25(15-9-21)35(33,34)29-24-12-10-22(11-13-24)27(32)30-18-5-7-23(19-30)26(31)28-17-16-20(2)3/h8-15,20,23,29H,4-7,16-19H2,1-3H3,(H,28,31)/t23-/m1/s1. The number of likely N-dealkylation sites (tertiary alicyclic amines) is 1. The smallest absolute Gasteiger partial charge is 0.261 e. The van der Waals surface area contributed by atoms with Crippen LogP contribution < -0.4 is 10.0 Å². The minimum Gasteiger partial charge on any atom is -0.356 e. The number of hydrogen-bond acceptors (Lipinski definition) is 4. The van der Waals surface area contributed by atoms with Crippen molar-refractivity contribution in [3.63, 3.8) is 0 Å². The van der Waals surface area contributed by atoms with Crippen molar-refractivity contribution in [2.75, 3.05) is 24.4 Å². The molecule has 190 valence electrons. The number of carbonyl (C=O) groups is 2. The molecule has 1 heterocycles. The highest BCUT2D eigenvalue weighted by molar-refractivity contribution is 7.92. The first-order valence-electron chi connectivity index (χ1n) is 12.5. The Morgan fingerprint density at radius 3 is 2.37 bits per heavy atom. The van der Waals surface area contributed by atoms with Crippen LogP contribution in [0.2, 0.25) is 0 Å². The predicted molar refractivity (Wildman–Crippen MR) is 139 cm³/mol. The molecule has 1 fully saturated rings. The highest BCUT2D eigenvalue weighted by Gasteiger charge is 2.29. The molecule has 2 amide bonds. The van der Waals surface area contributed by atoms with Crippen molar-refractivity contribution < 1.29 is 18.0 Å². The summed E-state index contributed by atoms with van der Waals surface area (Å²) in [6.07, 6.45) is 4.39. The molecule has 1 atom stereocenters. The Kier molecular flexibility index (Phi) is 9.32. The quantitative estimate of drug-likeness (QED) is 0.505. The molecule has 3 rings (SSSR count). The summed E-state index contributed by atoms with van der Waals surface area (Å²) in [5.41, 5.74) is 1.96. The number of nitrogens with one attached hydrogen (secondary N) is 2. The van der Waals surface area contributed by atoms with Crippen LogP contribution in [0.3, 0.4) is 0 Å². The third-order valence-corrected chi connectivity index (χ3v) is 7.65. The third-order valence-electron chi connectivity index (χ3n) is 6.26. The number of hydrogen-bond donors (Lipinski definition) is 2. The number of amides is 2. The van der Waals surface area contributed by atoms with Crippen LogP contribution in [-0.2, 0) is 21.2 Å². The van der Waals surface area contributed by atoms with Gasteiger partial charge in [0.25, 0.3) is 15.9 Å². The van der Waals surface area contributed by atoms with E-state index in [1.165, 1.54) is 0 Å². The lowest BCUT2D eigenvalue weighted by atomic mass is 9.96. The SMILES string of the molecule is CCCc1ccc(S(=O)(=O)Nc2ccc(C(=O)N3CCC[C@@H](C(=O)NCCC(C)C)C3)cc2)cc1. The fraction of sp³-hybridized carbons (Fsp3) is 0.481. The Morgan fingerprint density at radius 2 is 1.74 bits per heavy atom. The van der Waals surface area contributed by atoms with Crippen LogP contribution in [0.15, 0.2) is 53.4 Å². The number of nitrogens with zero attached hydrogens (tertiary/aromatic N) is 1. The monoisotopic (exact) mass is 499 g/mol. The van der Waals surface area contributed by atoms with Crippen molar-refractivity contribution in [1.29, 1.82) is 0 Å². The topological polar surface area (TPSA) is 95.6 Å². The lowest BCUT2D eigenvalue weighted by Gasteiger charge is -2.32. The zero-order chi connectivity index (χ0) is 25.4. The van der Waals surface area contributed by atoms with Crippen LogP contribution in [0, 0.1) is 11.8 Å². The van der Waals surface area contributed by atoms with Gasteiger partial charge in [-0.1, -0.05) is 39.3 Å². The summed E-state index contributed by atoms with van der Waals surface area (Å²) in [4.78, 5) is 27.5. The average molecular weight is 500 g/mol. The van der Waals surface area contributed by atoms with Gasteiger partial charge < -0.3 is 10.2 Å². The van der Waals surface area contributed by atoms with Gasteiger partial charge in [-0.25, -0.2) is 8.42 Å². The molecule has 1 aliphatic heterocycles. The van der Waals surface area contributed by atoms with Gasteiger partial charge >= 0.3 is 0 Å². The zero-order valence-electron chi connectivity index (χ0n) is 20.9. The van der Waals surface area contributed by atoms with E-state index in [2.05, 4.69) is 30.8 Å². The lowest BCUT2D eigenvalue weighted by molar-refractivity contribution is -0.126. The molecule has 1 aliphatic rings. The maximum absolute atomic E-state index is 13.0. The number of benzene rings is 2. The van der Waals surface area contributed by atoms with E-state index in [-0.39, 0.29) is 22.6 Å². The maximum Gasteiger partial charge on any atom is 0.261 e. The van der Waals surface area contributed by atoms with Crippen molar-refractivity contribution in [3.05, 3.63) is 59.7 Å². The molecule has 7 nitrogen and oxygen atoms in total. The van der Waals surface area contributed by atoms with Crippen LogP contribution in [0.1, 0.15) is 62.4 Å². The molecule has 1 saturated heterocycles. The third kappa shape index (κ3) is 7.56. The second kappa shape index (κ2) is 12.2. The molecule has 0 radical (unpaired) electrons. The summed E-state index contributed by atoms with van der Waals surface area (Å²) in [7, 11) is -3.72. The Hall–Kier alpha value is -2.87. The molecule has 35 heavy (non-hydrogen) atoms. The van der Waals surface area contributed by atoms with E-state index < -0.39 is 10.0 Å². The van der Waals surface area contributed by atoms with Crippen molar-refractivity contribution >= 4 is 27.5 Å². The number of carbonyl (C=O) groups excluding carboxylic acids is 2. The molecule has 0 unspecified atom stereocenters. The summed E-state index contributed by atoms with van der Waals surface area (Å²) in [5.74, 6) is 0.189. The van der Waals surface area contributed by atoms with Gasteiger partial charge in [0.05, 0.1) is 10.8 Å². The molecule has 0 aromatic heterocycles. The summed E-state index contributed by atoms with van der Waals surface area (Å²) < 4.78 is 28.0. The summed E-state index contributed by atoms with van der Waals surface area (Å²) in [6.45, 7) is 7.98. The van der Waals surface area contributed by atoms with Gasteiger partial charge in [0.15, 0.2) is 0 Å². The van der Waals surface area contributed by atoms with Crippen molar-refractivity contribution in [2.24, 2.45) is 11.8 Å². The minimum atomic E-state index is -3.72. The summed E-state index contributed by atoms with van der Waals surface area (Å²) in [6, 6.07) is 13.3. The molecule has 0 saturated carbocycles. The predicted octanol–water partition coefficient (Wildman–Crippen LogP) is 4.45. The second-order valence-electron chi connectivity index (χ2n) is 9.64. The zero-order valence-corrected chi connectivity index (χ0v) is 21.7. The van der Waals surface area contributed by atoms with Crippen molar-refractivity contribution in [2.45, 2.75) is 57.8 Å². The molecule has 2 aromatic carbocycles. The fourth-order valence-corrected chi connectivity index (χ4v) is 5.26. The first-order chi connectivity index (χ1) is 16.7. The number of sulfonamides is 1. The maximum atomic E-state index is 13.0. The Bertz CT molecular complexity index is 1100. The summed E-state index contributed by atoms with van der Waals surface area (Å²) >= 11 is 0. The number of aryl methyl sites for hydroxylation is 1. The first-order valence-corrected chi connectivity index (χ1v) is 14.0. The Balaban J connectivity index is 1.59. The molecule has 0 aliphatic carbocycles. The normalized spacial score (nSPS) is 16.2. The van der Waals surface area contributed by atoms with Gasteiger partial charge in [0.2, 0.25) is 5.91 Å². The first kappa shape index (κ1) is 26.7. The van der Waals surface area contributed by atoms with Gasteiger partial charge in [-0.3, -0.25) is 14.3 Å². The van der Waals surface area contributed by atoms with Gasteiger partial charge in [0.1, 0.15) is 0 Å². The lowest BCUT2D eigenvalue weighted by Crippen LogP contribution is -2.45.